The molecule has 0 radical (unpaired) electrons. The molecule has 1 saturated heterocycles. The summed E-state index contributed by atoms with van der Waals surface area (Å²) in [4.78, 5) is 15.1. The van der Waals surface area contributed by atoms with Crippen LogP contribution in [0.2, 0.25) is 0 Å². The molecule has 0 saturated carbocycles. The maximum absolute atomic E-state index is 13.6. The molecule has 1 aliphatic heterocycles. The number of amides is 1. The quantitative estimate of drug-likeness (QED) is 0.788. The Labute approximate surface area is 159 Å². The van der Waals surface area contributed by atoms with E-state index in [-0.39, 0.29) is 17.5 Å². The van der Waals surface area contributed by atoms with Gasteiger partial charge in [0.25, 0.3) is 5.91 Å². The predicted octanol–water partition coefficient (Wildman–Crippen LogP) is 4.40. The summed E-state index contributed by atoms with van der Waals surface area (Å²) in [6.45, 7) is 1.40. The van der Waals surface area contributed by atoms with Crippen LogP contribution < -0.4 is 0 Å². The van der Waals surface area contributed by atoms with Gasteiger partial charge >= 0.3 is 0 Å². The molecule has 3 rings (SSSR count). The van der Waals surface area contributed by atoms with Crippen molar-refractivity contribution in [3.05, 3.63) is 59.4 Å². The minimum Gasteiger partial charge on any atom is -0.385 e. The summed E-state index contributed by atoms with van der Waals surface area (Å²) in [5.74, 6) is -0.525. The molecule has 5 heteroatoms. The zero-order valence-electron chi connectivity index (χ0n) is 15.5. The third-order valence-corrected chi connectivity index (χ3v) is 5.07. The Morgan fingerprint density at radius 2 is 2.07 bits per heavy atom. The van der Waals surface area contributed by atoms with Crippen molar-refractivity contribution in [3.8, 4) is 17.2 Å². The Kier molecular flexibility index (Phi) is 6.20. The second-order valence-electron chi connectivity index (χ2n) is 6.82. The van der Waals surface area contributed by atoms with Gasteiger partial charge in [0.15, 0.2) is 0 Å². The lowest BCUT2D eigenvalue weighted by molar-refractivity contribution is 0.0553. The summed E-state index contributed by atoms with van der Waals surface area (Å²) in [6.07, 6.45) is 3.98. The Bertz CT molecular complexity index is 860. The molecule has 1 atom stereocenters. The van der Waals surface area contributed by atoms with Crippen molar-refractivity contribution in [3.63, 3.8) is 0 Å². The summed E-state index contributed by atoms with van der Waals surface area (Å²) in [7, 11) is 1.68. The maximum Gasteiger partial charge on any atom is 0.254 e. The molecular weight excluding hydrogens is 343 g/mol. The van der Waals surface area contributed by atoms with Crippen LogP contribution in [0.4, 0.5) is 4.39 Å². The number of hydrogen-bond donors (Lipinski definition) is 0. The van der Waals surface area contributed by atoms with E-state index >= 15 is 0 Å². The largest absolute Gasteiger partial charge is 0.385 e. The number of nitrogens with zero attached hydrogens (tertiary/aromatic N) is 2. The minimum absolute atomic E-state index is 0.000102. The van der Waals surface area contributed by atoms with Crippen molar-refractivity contribution in [1.29, 1.82) is 5.26 Å². The van der Waals surface area contributed by atoms with Gasteiger partial charge in [-0.1, -0.05) is 18.2 Å². The third-order valence-electron chi connectivity index (χ3n) is 5.07. The summed E-state index contributed by atoms with van der Waals surface area (Å²) in [5.41, 5.74) is 2.12. The van der Waals surface area contributed by atoms with Crippen molar-refractivity contribution in [1.82, 2.24) is 4.90 Å². The van der Waals surface area contributed by atoms with Gasteiger partial charge in [-0.3, -0.25) is 4.79 Å². The lowest BCUT2D eigenvalue weighted by Crippen LogP contribution is -2.44. The number of hydrogen-bond acceptors (Lipinski definition) is 3. The highest BCUT2D eigenvalue weighted by molar-refractivity contribution is 5.95. The first kappa shape index (κ1) is 19.1. The lowest BCUT2D eigenvalue weighted by atomic mass is 9.97. The van der Waals surface area contributed by atoms with Crippen LogP contribution >= 0.6 is 0 Å². The maximum atomic E-state index is 13.6. The molecule has 0 aromatic heterocycles. The van der Waals surface area contributed by atoms with E-state index in [1.54, 1.807) is 13.2 Å². The fraction of sp³-hybridized carbons (Fsp3) is 0.364. The number of rotatable bonds is 5. The summed E-state index contributed by atoms with van der Waals surface area (Å²) < 4.78 is 18.8. The summed E-state index contributed by atoms with van der Waals surface area (Å²) in [6, 6.07) is 13.8. The molecule has 1 amide bonds. The van der Waals surface area contributed by atoms with Gasteiger partial charge in [0.2, 0.25) is 0 Å². The van der Waals surface area contributed by atoms with Crippen LogP contribution in [-0.4, -0.2) is 37.1 Å². The van der Waals surface area contributed by atoms with E-state index in [4.69, 9.17) is 10.00 Å². The average molecular weight is 366 g/mol. The molecule has 0 N–H and O–H groups in total. The molecule has 4 nitrogen and oxygen atoms in total. The number of halogens is 1. The van der Waals surface area contributed by atoms with E-state index in [0.29, 0.717) is 12.2 Å². The number of benzene rings is 2. The molecule has 140 valence electrons. The number of ether oxygens (including phenoxy) is 1. The number of nitriles is 1. The van der Waals surface area contributed by atoms with Gasteiger partial charge < -0.3 is 9.64 Å². The Balaban J connectivity index is 1.86. The number of methoxy groups -OCH3 is 1. The number of carbonyl (C=O) groups is 1. The van der Waals surface area contributed by atoms with Crippen molar-refractivity contribution in [2.75, 3.05) is 20.3 Å². The van der Waals surface area contributed by atoms with E-state index in [0.717, 1.165) is 43.4 Å². The highest BCUT2D eigenvalue weighted by atomic mass is 19.1. The Hall–Kier alpha value is -2.71. The SMILES string of the molecule is COCC[C@H]1CCCCN1C(=O)c1cccc(-c2ccc(F)c(C#N)c2)c1. The van der Waals surface area contributed by atoms with Gasteiger partial charge in [-0.2, -0.15) is 5.26 Å². The van der Waals surface area contributed by atoms with Crippen molar-refractivity contribution in [2.45, 2.75) is 31.7 Å². The first-order chi connectivity index (χ1) is 13.1. The van der Waals surface area contributed by atoms with Gasteiger partial charge in [0.05, 0.1) is 5.56 Å². The zero-order chi connectivity index (χ0) is 19.2. The van der Waals surface area contributed by atoms with Crippen LogP contribution in [-0.2, 0) is 4.74 Å². The van der Waals surface area contributed by atoms with Gasteiger partial charge in [0.1, 0.15) is 11.9 Å². The average Bonchev–Trinajstić information content (AvgIpc) is 2.72. The fourth-order valence-electron chi connectivity index (χ4n) is 3.61. The second kappa shape index (κ2) is 8.79. The number of piperidine rings is 1. The number of likely N-dealkylation sites (tertiary alicyclic amines) is 1. The van der Waals surface area contributed by atoms with Crippen LogP contribution in [0, 0.1) is 17.1 Å². The first-order valence-corrected chi connectivity index (χ1v) is 9.24. The minimum atomic E-state index is -0.539. The smallest absolute Gasteiger partial charge is 0.254 e. The normalized spacial score (nSPS) is 16.8. The van der Waals surface area contributed by atoms with E-state index in [1.165, 1.54) is 12.1 Å². The molecule has 2 aromatic rings. The highest BCUT2D eigenvalue weighted by Gasteiger charge is 2.27. The van der Waals surface area contributed by atoms with Gasteiger partial charge in [0, 0.05) is 31.9 Å². The molecule has 0 bridgehead atoms. The van der Waals surface area contributed by atoms with Crippen LogP contribution in [0.1, 0.15) is 41.6 Å². The Morgan fingerprint density at radius 3 is 2.85 bits per heavy atom. The lowest BCUT2D eigenvalue weighted by Gasteiger charge is -2.36. The Morgan fingerprint density at radius 1 is 1.26 bits per heavy atom. The van der Waals surface area contributed by atoms with Gasteiger partial charge in [-0.15, -0.1) is 0 Å². The molecule has 0 spiro atoms. The first-order valence-electron chi connectivity index (χ1n) is 9.24. The molecule has 27 heavy (non-hydrogen) atoms. The molecule has 0 aliphatic carbocycles. The standard InChI is InChI=1S/C22H23FN2O2/c1-27-12-10-20-7-2-3-11-25(20)22(26)18-6-4-5-16(13-18)17-8-9-21(23)19(14-17)15-24/h4-6,8-9,13-14,20H,2-3,7,10-12H2,1H3/t20-/m1/s1. The highest BCUT2D eigenvalue weighted by Crippen LogP contribution is 2.26. The van der Waals surface area contributed by atoms with Gasteiger partial charge in [-0.05, 0) is 61.1 Å². The fourth-order valence-corrected chi connectivity index (χ4v) is 3.61. The third kappa shape index (κ3) is 4.35. The molecule has 1 aliphatic rings. The van der Waals surface area contributed by atoms with Gasteiger partial charge in [-0.25, -0.2) is 4.39 Å². The van der Waals surface area contributed by atoms with E-state index in [2.05, 4.69) is 0 Å². The van der Waals surface area contributed by atoms with Crippen LogP contribution in [0.15, 0.2) is 42.5 Å². The van der Waals surface area contributed by atoms with E-state index in [9.17, 15) is 9.18 Å². The van der Waals surface area contributed by atoms with Crippen LogP contribution in [0.3, 0.4) is 0 Å². The van der Waals surface area contributed by atoms with E-state index < -0.39 is 5.82 Å². The monoisotopic (exact) mass is 366 g/mol. The molecule has 1 fully saturated rings. The van der Waals surface area contributed by atoms with Crippen LogP contribution in [0.5, 0.6) is 0 Å². The number of carbonyl (C=O) groups excluding carboxylic acids is 1. The van der Waals surface area contributed by atoms with Crippen LogP contribution in [0.25, 0.3) is 11.1 Å². The molecular formula is C22H23FN2O2. The summed E-state index contributed by atoms with van der Waals surface area (Å²) in [5, 5.41) is 9.04. The molecule has 1 heterocycles. The second-order valence-corrected chi connectivity index (χ2v) is 6.82. The van der Waals surface area contributed by atoms with E-state index in [1.807, 2.05) is 35.2 Å². The summed E-state index contributed by atoms with van der Waals surface area (Å²) >= 11 is 0. The molecule has 0 unspecified atom stereocenters. The molecule has 2 aromatic carbocycles. The van der Waals surface area contributed by atoms with Crippen molar-refractivity contribution < 1.29 is 13.9 Å². The zero-order valence-corrected chi connectivity index (χ0v) is 15.5. The van der Waals surface area contributed by atoms with Crippen molar-refractivity contribution >= 4 is 5.91 Å². The predicted molar refractivity (Wildman–Crippen MR) is 102 cm³/mol. The van der Waals surface area contributed by atoms with Crippen molar-refractivity contribution in [2.24, 2.45) is 0 Å². The topological polar surface area (TPSA) is 53.3 Å².